The number of benzene rings is 1. The van der Waals surface area contributed by atoms with Gasteiger partial charge in [0.2, 0.25) is 0 Å². The van der Waals surface area contributed by atoms with E-state index in [1.54, 1.807) is 20.1 Å². The smallest absolute Gasteiger partial charge is 0.126 e. The summed E-state index contributed by atoms with van der Waals surface area (Å²) in [6, 6.07) is 5.11. The van der Waals surface area contributed by atoms with Crippen molar-refractivity contribution in [2.24, 2.45) is 0 Å². The van der Waals surface area contributed by atoms with E-state index in [2.05, 4.69) is 0 Å². The van der Waals surface area contributed by atoms with Gasteiger partial charge in [-0.15, -0.1) is 0 Å². The summed E-state index contributed by atoms with van der Waals surface area (Å²) in [6.07, 6.45) is 0.899. The lowest BCUT2D eigenvalue weighted by Crippen LogP contribution is -1.95. The average molecular weight is 193 g/mol. The third kappa shape index (κ3) is 2.23. The van der Waals surface area contributed by atoms with Gasteiger partial charge in [-0.1, -0.05) is 0 Å². The van der Waals surface area contributed by atoms with Crippen molar-refractivity contribution in [2.45, 2.75) is 19.8 Å². The molecule has 1 aromatic carbocycles. The SMILES string of the molecule is COc1cc(C)c(F)cc1CCC#N. The molecule has 0 atom stereocenters. The summed E-state index contributed by atoms with van der Waals surface area (Å²) >= 11 is 0. The van der Waals surface area contributed by atoms with E-state index in [9.17, 15) is 4.39 Å². The van der Waals surface area contributed by atoms with Crippen LogP contribution in [-0.4, -0.2) is 7.11 Å². The van der Waals surface area contributed by atoms with E-state index in [0.717, 1.165) is 5.56 Å². The minimum absolute atomic E-state index is 0.251. The van der Waals surface area contributed by atoms with E-state index in [1.165, 1.54) is 6.07 Å². The second kappa shape index (κ2) is 4.61. The predicted octanol–water partition coefficient (Wildman–Crippen LogP) is 2.60. The molecular weight excluding hydrogens is 181 g/mol. The average Bonchev–Trinajstić information content (AvgIpc) is 2.19. The highest BCUT2D eigenvalue weighted by atomic mass is 19.1. The maximum absolute atomic E-state index is 13.2. The molecule has 3 heteroatoms. The molecule has 1 aromatic rings. The summed E-state index contributed by atoms with van der Waals surface area (Å²) < 4.78 is 18.3. The van der Waals surface area contributed by atoms with Gasteiger partial charge in [-0.25, -0.2) is 4.39 Å². The van der Waals surface area contributed by atoms with Gasteiger partial charge in [0.25, 0.3) is 0 Å². The second-order valence-electron chi connectivity index (χ2n) is 3.07. The monoisotopic (exact) mass is 193 g/mol. The van der Waals surface area contributed by atoms with E-state index >= 15 is 0 Å². The lowest BCUT2D eigenvalue weighted by Gasteiger charge is -2.08. The standard InChI is InChI=1S/C11H12FNO/c1-8-6-11(14-2)9(4-3-5-13)7-10(8)12/h6-7H,3-4H2,1-2H3. The first kappa shape index (κ1) is 10.5. The highest BCUT2D eigenvalue weighted by Crippen LogP contribution is 2.23. The zero-order valence-corrected chi connectivity index (χ0v) is 8.30. The molecule has 2 nitrogen and oxygen atoms in total. The molecule has 0 aliphatic carbocycles. The molecule has 0 unspecified atom stereocenters. The molecule has 14 heavy (non-hydrogen) atoms. The maximum atomic E-state index is 13.2. The third-order valence-corrected chi connectivity index (χ3v) is 2.07. The molecule has 0 aromatic heterocycles. The van der Waals surface area contributed by atoms with Gasteiger partial charge < -0.3 is 4.74 Å². The third-order valence-electron chi connectivity index (χ3n) is 2.07. The fourth-order valence-electron chi connectivity index (χ4n) is 1.27. The minimum atomic E-state index is -0.251. The number of nitrogens with zero attached hydrogens (tertiary/aromatic N) is 1. The molecule has 0 aliphatic heterocycles. The number of methoxy groups -OCH3 is 1. The Balaban J connectivity index is 3.02. The van der Waals surface area contributed by atoms with Crippen molar-refractivity contribution in [2.75, 3.05) is 7.11 Å². The predicted molar refractivity (Wildman–Crippen MR) is 51.6 cm³/mol. The Morgan fingerprint density at radius 3 is 2.79 bits per heavy atom. The van der Waals surface area contributed by atoms with Crippen molar-refractivity contribution in [3.8, 4) is 11.8 Å². The zero-order chi connectivity index (χ0) is 10.6. The van der Waals surface area contributed by atoms with Crippen molar-refractivity contribution in [3.05, 3.63) is 29.1 Å². The van der Waals surface area contributed by atoms with Crippen LogP contribution >= 0.6 is 0 Å². The molecule has 0 heterocycles. The van der Waals surface area contributed by atoms with Gasteiger partial charge in [-0.2, -0.15) is 5.26 Å². The Hall–Kier alpha value is -1.56. The van der Waals surface area contributed by atoms with Crippen LogP contribution in [-0.2, 0) is 6.42 Å². The van der Waals surface area contributed by atoms with Crippen molar-refractivity contribution in [1.82, 2.24) is 0 Å². The first-order chi connectivity index (χ1) is 6.69. The number of aryl methyl sites for hydroxylation is 2. The molecule has 0 aliphatic rings. The van der Waals surface area contributed by atoms with Gasteiger partial charge in [0, 0.05) is 6.42 Å². The van der Waals surface area contributed by atoms with Crippen LogP contribution < -0.4 is 4.74 Å². The van der Waals surface area contributed by atoms with Crippen LogP contribution in [0.2, 0.25) is 0 Å². The summed E-state index contributed by atoms with van der Waals surface area (Å²) in [5, 5.41) is 8.43. The number of halogens is 1. The quantitative estimate of drug-likeness (QED) is 0.739. The Morgan fingerprint density at radius 1 is 1.50 bits per heavy atom. The van der Waals surface area contributed by atoms with Crippen molar-refractivity contribution in [1.29, 1.82) is 5.26 Å². The summed E-state index contributed by atoms with van der Waals surface area (Å²) in [4.78, 5) is 0. The number of nitriles is 1. The Morgan fingerprint density at radius 2 is 2.21 bits per heavy atom. The number of hydrogen-bond donors (Lipinski definition) is 0. The molecule has 0 radical (unpaired) electrons. The zero-order valence-electron chi connectivity index (χ0n) is 8.30. The maximum Gasteiger partial charge on any atom is 0.126 e. The number of hydrogen-bond acceptors (Lipinski definition) is 2. The molecule has 74 valence electrons. The highest BCUT2D eigenvalue weighted by molar-refractivity contribution is 5.38. The van der Waals surface area contributed by atoms with Gasteiger partial charge in [-0.3, -0.25) is 0 Å². The van der Waals surface area contributed by atoms with Gasteiger partial charge in [0.1, 0.15) is 11.6 Å². The molecule has 0 N–H and O–H groups in total. The molecule has 0 fully saturated rings. The Bertz CT molecular complexity index is 368. The van der Waals surface area contributed by atoms with Crippen LogP contribution in [0, 0.1) is 24.1 Å². The van der Waals surface area contributed by atoms with Crippen LogP contribution in [0.4, 0.5) is 4.39 Å². The lowest BCUT2D eigenvalue weighted by atomic mass is 10.1. The first-order valence-corrected chi connectivity index (χ1v) is 4.39. The van der Waals surface area contributed by atoms with Crippen LogP contribution in [0.1, 0.15) is 17.5 Å². The lowest BCUT2D eigenvalue weighted by molar-refractivity contribution is 0.407. The summed E-state index contributed by atoms with van der Waals surface area (Å²) in [7, 11) is 1.54. The van der Waals surface area contributed by atoms with Gasteiger partial charge >= 0.3 is 0 Å². The van der Waals surface area contributed by atoms with Crippen LogP contribution in [0.5, 0.6) is 5.75 Å². The fourth-order valence-corrected chi connectivity index (χ4v) is 1.27. The van der Waals surface area contributed by atoms with Gasteiger partial charge in [0.15, 0.2) is 0 Å². The minimum Gasteiger partial charge on any atom is -0.496 e. The first-order valence-electron chi connectivity index (χ1n) is 4.39. The fraction of sp³-hybridized carbons (Fsp3) is 0.364. The molecular formula is C11H12FNO. The van der Waals surface area contributed by atoms with Crippen molar-refractivity contribution < 1.29 is 9.13 Å². The summed E-state index contributed by atoms with van der Waals surface area (Å²) in [5.74, 6) is 0.401. The summed E-state index contributed by atoms with van der Waals surface area (Å²) in [5.41, 5.74) is 1.31. The van der Waals surface area contributed by atoms with Crippen LogP contribution in [0.3, 0.4) is 0 Å². The van der Waals surface area contributed by atoms with Gasteiger partial charge in [0.05, 0.1) is 13.2 Å². The van der Waals surface area contributed by atoms with Crippen LogP contribution in [0.15, 0.2) is 12.1 Å². The normalized spacial score (nSPS) is 9.57. The number of ether oxygens (including phenoxy) is 1. The Labute approximate surface area is 82.9 Å². The molecule has 0 saturated carbocycles. The Kier molecular flexibility index (Phi) is 3.47. The second-order valence-corrected chi connectivity index (χ2v) is 3.07. The van der Waals surface area contributed by atoms with Gasteiger partial charge in [-0.05, 0) is 36.6 Å². The highest BCUT2D eigenvalue weighted by Gasteiger charge is 2.07. The van der Waals surface area contributed by atoms with E-state index in [-0.39, 0.29) is 5.82 Å². The number of rotatable bonds is 3. The molecule has 0 saturated heterocycles. The van der Waals surface area contributed by atoms with E-state index in [0.29, 0.717) is 24.2 Å². The van der Waals surface area contributed by atoms with Crippen molar-refractivity contribution >= 4 is 0 Å². The molecule has 0 bridgehead atoms. The van der Waals surface area contributed by atoms with E-state index < -0.39 is 0 Å². The molecule has 1 rings (SSSR count). The van der Waals surface area contributed by atoms with Crippen molar-refractivity contribution in [3.63, 3.8) is 0 Å². The van der Waals surface area contributed by atoms with E-state index in [4.69, 9.17) is 10.00 Å². The van der Waals surface area contributed by atoms with Crippen LogP contribution in [0.25, 0.3) is 0 Å². The molecule has 0 spiro atoms. The molecule has 0 amide bonds. The van der Waals surface area contributed by atoms with E-state index in [1.807, 2.05) is 6.07 Å². The topological polar surface area (TPSA) is 33.0 Å². The summed E-state index contributed by atoms with van der Waals surface area (Å²) in [6.45, 7) is 1.69. The largest absolute Gasteiger partial charge is 0.496 e.